The van der Waals surface area contributed by atoms with Crippen LogP contribution in [0.2, 0.25) is 0 Å². The molecule has 4 aromatic heterocycles. The minimum atomic E-state index is -0.439. The second kappa shape index (κ2) is 17.9. The fourth-order valence-corrected chi connectivity index (χ4v) is 12.0. The Kier molecular flexibility index (Phi) is 9.45. The van der Waals surface area contributed by atoms with Gasteiger partial charge >= 0.3 is 0 Å². The third-order valence-corrected chi connectivity index (χ3v) is 16.0. The largest absolute Gasteiger partial charge is 0.458 e. The SMILES string of the molecule is [2H]c1c([2H])c([2H])c(-c2cccc3c2-c2ccccc2-c2cc(C(C)(C)C)cc4c2[n+]([c-]n4-c2cccc(Oc4ccc5c6ccccc6n(-c6cc(C(C)(C)C)ccn6)c5c4)c2)-c2c(-c4ccc5oc6ccccc6c5c4)cccc2-3)c([2H])c1[2H]. The zero-order chi connectivity index (χ0) is 58.4. The summed E-state index contributed by atoms with van der Waals surface area (Å²) in [5.41, 5.74) is 16.7. The minimum absolute atomic E-state index is 0.0694. The Balaban J connectivity index is 0.988. The lowest BCUT2D eigenvalue weighted by Gasteiger charge is -2.23. The summed E-state index contributed by atoms with van der Waals surface area (Å²) in [6, 6.07) is 65.1. The Morgan fingerprint density at radius 3 is 2.01 bits per heavy atom. The lowest BCUT2D eigenvalue weighted by Crippen LogP contribution is -2.32. The van der Waals surface area contributed by atoms with Crippen LogP contribution in [0.1, 0.15) is 59.5 Å². The van der Waals surface area contributed by atoms with Gasteiger partial charge < -0.3 is 9.15 Å². The van der Waals surface area contributed by atoms with E-state index in [1.807, 2.05) is 72.9 Å². The first-order valence-corrected chi connectivity index (χ1v) is 27.2. The standard InChI is InChI=1S/C74H56N4O2/c1-73(2,3)48-37-38-75-69(42-48)78-64-31-14-12-24-56(64)57-35-34-52(44-65(57)78)79-51-22-16-21-50(43-51)76-45-77-71-54(47-33-36-68-62(39-47)58-25-13-15-32-67(58)80-68)28-18-30-61(71)60-29-17-27-53(46-19-8-7-9-20-46)70(60)59-26-11-10-23-55(59)63-40-49(74(4,5)6)41-66(76)72(63)77/h7-44H,1-6H3/i7D,8D,9D,19D,20D. The number of hydrogen-bond donors (Lipinski definition) is 0. The van der Waals surface area contributed by atoms with E-state index in [1.54, 1.807) is 0 Å². The molecule has 6 heteroatoms. The summed E-state index contributed by atoms with van der Waals surface area (Å²) in [4.78, 5) is 4.93. The molecule has 0 atom stereocenters. The number of imidazole rings is 1. The molecule has 0 spiro atoms. The van der Waals surface area contributed by atoms with Gasteiger partial charge in [-0.1, -0.05) is 187 Å². The van der Waals surface area contributed by atoms with Crippen LogP contribution < -0.4 is 9.30 Å². The van der Waals surface area contributed by atoms with Crippen molar-refractivity contribution in [1.82, 2.24) is 14.1 Å². The van der Waals surface area contributed by atoms with E-state index in [0.29, 0.717) is 17.1 Å². The van der Waals surface area contributed by atoms with Gasteiger partial charge in [0.15, 0.2) is 0 Å². The molecule has 6 nitrogen and oxygen atoms in total. The molecule has 5 heterocycles. The van der Waals surface area contributed by atoms with E-state index in [1.165, 1.54) is 5.56 Å². The molecular weight excluding hydrogens is 977 g/mol. The van der Waals surface area contributed by atoms with Crippen LogP contribution in [0.5, 0.6) is 11.5 Å². The average molecular weight is 1040 g/mol. The summed E-state index contributed by atoms with van der Waals surface area (Å²) in [5, 5.41) is 4.23. The highest BCUT2D eigenvalue weighted by atomic mass is 16.5. The third-order valence-electron chi connectivity index (χ3n) is 16.0. The molecule has 80 heavy (non-hydrogen) atoms. The van der Waals surface area contributed by atoms with Crippen LogP contribution in [0, 0.1) is 6.33 Å². The van der Waals surface area contributed by atoms with Gasteiger partial charge in [-0.2, -0.15) is 0 Å². The smallest absolute Gasteiger partial charge is 0.269 e. The molecule has 0 N–H and O–H groups in total. The molecule has 1 aliphatic heterocycles. The summed E-state index contributed by atoms with van der Waals surface area (Å²) < 4.78 is 65.1. The van der Waals surface area contributed by atoms with E-state index in [4.69, 9.17) is 18.3 Å². The summed E-state index contributed by atoms with van der Waals surface area (Å²) >= 11 is 0. The van der Waals surface area contributed by atoms with Gasteiger partial charge in [0.1, 0.15) is 28.5 Å². The molecule has 0 saturated heterocycles. The number of furan rings is 1. The van der Waals surface area contributed by atoms with E-state index in [2.05, 4.69) is 189 Å². The predicted octanol–water partition coefficient (Wildman–Crippen LogP) is 19.1. The number of para-hydroxylation sites is 3. The highest BCUT2D eigenvalue weighted by Crippen LogP contribution is 2.50. The van der Waals surface area contributed by atoms with Crippen molar-refractivity contribution in [1.29, 1.82) is 0 Å². The Labute approximate surface area is 472 Å². The molecule has 1 aliphatic rings. The van der Waals surface area contributed by atoms with Gasteiger partial charge in [-0.15, -0.1) is 0 Å². The van der Waals surface area contributed by atoms with E-state index >= 15 is 0 Å². The maximum Gasteiger partial charge on any atom is 0.269 e. The summed E-state index contributed by atoms with van der Waals surface area (Å²) in [5.74, 6) is 2.16. The molecule has 15 rings (SSSR count). The van der Waals surface area contributed by atoms with Crippen molar-refractivity contribution in [3.05, 3.63) is 248 Å². The van der Waals surface area contributed by atoms with E-state index in [-0.39, 0.29) is 40.6 Å². The van der Waals surface area contributed by atoms with Crippen LogP contribution in [0.4, 0.5) is 0 Å². The van der Waals surface area contributed by atoms with Gasteiger partial charge in [-0.3, -0.25) is 13.7 Å². The Hall–Kier alpha value is -9.78. The Morgan fingerprint density at radius 1 is 0.487 bits per heavy atom. The van der Waals surface area contributed by atoms with Crippen molar-refractivity contribution in [3.63, 3.8) is 0 Å². The average Bonchev–Trinajstić information content (AvgIpc) is 1.78. The molecule has 384 valence electrons. The zero-order valence-electron chi connectivity index (χ0n) is 50.2. The molecule has 0 aliphatic carbocycles. The topological polar surface area (TPSA) is 49.0 Å². The van der Waals surface area contributed by atoms with Gasteiger partial charge in [-0.25, -0.2) is 4.98 Å². The number of benzene rings is 10. The van der Waals surface area contributed by atoms with E-state index in [9.17, 15) is 2.74 Å². The normalized spacial score (nSPS) is 13.2. The zero-order valence-corrected chi connectivity index (χ0v) is 45.2. The van der Waals surface area contributed by atoms with Crippen molar-refractivity contribution >= 4 is 54.8 Å². The quantitative estimate of drug-likeness (QED) is 0.123. The van der Waals surface area contributed by atoms with Gasteiger partial charge in [0.25, 0.3) is 6.33 Å². The molecule has 10 aromatic carbocycles. The van der Waals surface area contributed by atoms with Crippen LogP contribution in [0.3, 0.4) is 0 Å². The summed E-state index contributed by atoms with van der Waals surface area (Å²) in [6.45, 7) is 13.3. The first-order chi connectivity index (χ1) is 41.0. The minimum Gasteiger partial charge on any atom is -0.458 e. The molecule has 0 saturated carbocycles. The van der Waals surface area contributed by atoms with Crippen molar-refractivity contribution in [3.8, 4) is 84.3 Å². The predicted molar refractivity (Wildman–Crippen MR) is 328 cm³/mol. The van der Waals surface area contributed by atoms with Crippen molar-refractivity contribution in [2.75, 3.05) is 0 Å². The lowest BCUT2D eigenvalue weighted by molar-refractivity contribution is -0.570. The molecule has 0 bridgehead atoms. The third kappa shape index (κ3) is 7.61. The number of fused-ring (bicyclic) bond motifs is 13. The van der Waals surface area contributed by atoms with E-state index < -0.39 is 6.04 Å². The number of aromatic nitrogens is 4. The Bertz CT molecular complexity index is 5120. The molecule has 0 amide bonds. The first-order valence-electron chi connectivity index (χ1n) is 29.7. The maximum absolute atomic E-state index is 9.38. The number of hydrogen-bond acceptors (Lipinski definition) is 3. The summed E-state index contributed by atoms with van der Waals surface area (Å²) in [7, 11) is 0. The first kappa shape index (κ1) is 42.3. The van der Waals surface area contributed by atoms with Crippen LogP contribution in [0.25, 0.3) is 128 Å². The second-order valence-electron chi connectivity index (χ2n) is 23.0. The monoisotopic (exact) mass is 1040 g/mol. The van der Waals surface area contributed by atoms with E-state index in [0.717, 1.165) is 122 Å². The molecule has 0 unspecified atom stereocenters. The van der Waals surface area contributed by atoms with Crippen molar-refractivity contribution < 1.29 is 20.6 Å². The fourth-order valence-electron chi connectivity index (χ4n) is 12.0. The van der Waals surface area contributed by atoms with Crippen LogP contribution in [-0.2, 0) is 10.8 Å². The van der Waals surface area contributed by atoms with Crippen molar-refractivity contribution in [2.24, 2.45) is 0 Å². The van der Waals surface area contributed by atoms with Crippen molar-refractivity contribution in [2.45, 2.75) is 52.4 Å². The van der Waals surface area contributed by atoms with Crippen LogP contribution in [-0.4, -0.2) is 14.1 Å². The Morgan fingerprint density at radius 2 is 1.18 bits per heavy atom. The number of ether oxygens (including phenoxy) is 1. The molecule has 0 fully saturated rings. The molecular formula is C74H56N4O2. The van der Waals surface area contributed by atoms with Crippen LogP contribution >= 0.6 is 0 Å². The van der Waals surface area contributed by atoms with Gasteiger partial charge in [-0.05, 0) is 150 Å². The second-order valence-corrected chi connectivity index (χ2v) is 23.0. The van der Waals surface area contributed by atoms with Gasteiger partial charge in [0.2, 0.25) is 0 Å². The molecule has 0 radical (unpaired) electrons. The van der Waals surface area contributed by atoms with Gasteiger partial charge in [0.05, 0.1) is 40.3 Å². The lowest BCUT2D eigenvalue weighted by atomic mass is 9.82. The molecule has 14 aromatic rings. The highest BCUT2D eigenvalue weighted by Gasteiger charge is 2.30. The highest BCUT2D eigenvalue weighted by molar-refractivity contribution is 6.10. The fraction of sp³-hybridized carbons (Fsp3) is 0.108. The van der Waals surface area contributed by atoms with Crippen LogP contribution in [0.15, 0.2) is 235 Å². The summed E-state index contributed by atoms with van der Waals surface area (Å²) in [6.07, 6.45) is 5.89. The number of rotatable bonds is 6. The number of nitrogens with zero attached hydrogens (tertiary/aromatic N) is 4. The maximum atomic E-state index is 9.38. The van der Waals surface area contributed by atoms with Gasteiger partial charge in [0, 0.05) is 33.8 Å². The number of pyridine rings is 1.